The van der Waals surface area contributed by atoms with Crippen molar-refractivity contribution in [2.24, 2.45) is 17.3 Å². The summed E-state index contributed by atoms with van der Waals surface area (Å²) in [5, 5.41) is 8.99. The highest BCUT2D eigenvalue weighted by atomic mass is 16.5. The molecule has 0 saturated heterocycles. The Bertz CT molecular complexity index is 751. The minimum Gasteiger partial charge on any atom is -0.497 e. The fraction of sp³-hybridized carbons (Fsp3) is 0.565. The molecular weight excluding hydrogens is 308 g/mol. The largest absolute Gasteiger partial charge is 0.497 e. The minimum absolute atomic E-state index is 0.158. The summed E-state index contributed by atoms with van der Waals surface area (Å²) in [6.45, 7) is 2.59. The molecule has 2 heteroatoms. The molecule has 25 heavy (non-hydrogen) atoms. The van der Waals surface area contributed by atoms with Gasteiger partial charge in [0.2, 0.25) is 0 Å². The predicted molar refractivity (Wildman–Crippen MR) is 101 cm³/mol. The molecule has 2 nitrogen and oxygen atoms in total. The Hall–Kier alpha value is -1.72. The molecule has 4 atom stereocenters. The van der Waals surface area contributed by atoms with Crippen molar-refractivity contribution in [2.75, 3.05) is 13.7 Å². The SMILES string of the molecule is COc1ccc2c(c1)CC[C@@H]1[C@@H]2CC[C@]2(C)C(C#CCCO)=CC[C@@H]12. The Balaban J connectivity index is 1.60. The van der Waals surface area contributed by atoms with Gasteiger partial charge in [-0.25, -0.2) is 0 Å². The Morgan fingerprint density at radius 1 is 1.32 bits per heavy atom. The number of aliphatic hydroxyl groups excluding tert-OH is 1. The van der Waals surface area contributed by atoms with Crippen molar-refractivity contribution in [3.8, 4) is 17.6 Å². The Morgan fingerprint density at radius 2 is 2.20 bits per heavy atom. The molecule has 0 bridgehead atoms. The van der Waals surface area contributed by atoms with Gasteiger partial charge in [0, 0.05) is 17.4 Å². The van der Waals surface area contributed by atoms with Gasteiger partial charge in [0.1, 0.15) is 5.75 Å². The van der Waals surface area contributed by atoms with Crippen LogP contribution in [0.5, 0.6) is 5.75 Å². The molecule has 0 aromatic heterocycles. The fourth-order valence-electron chi connectivity index (χ4n) is 5.66. The van der Waals surface area contributed by atoms with Gasteiger partial charge in [-0.1, -0.05) is 30.9 Å². The van der Waals surface area contributed by atoms with Crippen molar-refractivity contribution in [1.29, 1.82) is 0 Å². The average molecular weight is 336 g/mol. The molecule has 0 spiro atoms. The molecule has 0 amide bonds. The maximum absolute atomic E-state index is 8.99. The Labute approximate surface area is 151 Å². The van der Waals surface area contributed by atoms with Gasteiger partial charge in [-0.3, -0.25) is 0 Å². The lowest BCUT2D eigenvalue weighted by Crippen LogP contribution is -2.41. The van der Waals surface area contributed by atoms with E-state index in [1.54, 1.807) is 12.7 Å². The molecule has 4 rings (SSSR count). The second kappa shape index (κ2) is 6.54. The monoisotopic (exact) mass is 336 g/mol. The number of allylic oxidation sites excluding steroid dienone is 2. The standard InChI is InChI=1S/C23H28O2/c1-23-13-12-20-19-10-8-18(25-2)15-16(19)6-9-21(20)22(23)11-7-17(23)5-3-4-14-24/h7-8,10,15,20-22,24H,4,6,9,11-14H2,1-2H3/t20-,21-,22+,23-/m1/s1. The molecule has 0 radical (unpaired) electrons. The summed E-state index contributed by atoms with van der Waals surface area (Å²) >= 11 is 0. The molecule has 1 aromatic rings. The van der Waals surface area contributed by atoms with Crippen molar-refractivity contribution in [2.45, 2.75) is 51.4 Å². The van der Waals surface area contributed by atoms with Crippen LogP contribution in [0.3, 0.4) is 0 Å². The van der Waals surface area contributed by atoms with Gasteiger partial charge in [-0.05, 0) is 73.1 Å². The van der Waals surface area contributed by atoms with Gasteiger partial charge >= 0.3 is 0 Å². The summed E-state index contributed by atoms with van der Waals surface area (Å²) < 4.78 is 5.42. The summed E-state index contributed by atoms with van der Waals surface area (Å²) in [4.78, 5) is 0. The van der Waals surface area contributed by atoms with E-state index in [9.17, 15) is 0 Å². The summed E-state index contributed by atoms with van der Waals surface area (Å²) in [5.74, 6) is 9.72. The number of hydrogen-bond acceptors (Lipinski definition) is 2. The van der Waals surface area contributed by atoms with Crippen molar-refractivity contribution in [1.82, 2.24) is 0 Å². The van der Waals surface area contributed by atoms with Crippen LogP contribution in [-0.2, 0) is 6.42 Å². The summed E-state index contributed by atoms with van der Waals surface area (Å²) in [5.41, 5.74) is 4.65. The zero-order valence-corrected chi connectivity index (χ0v) is 15.3. The van der Waals surface area contributed by atoms with E-state index < -0.39 is 0 Å². The van der Waals surface area contributed by atoms with Crippen LogP contribution in [-0.4, -0.2) is 18.8 Å². The average Bonchev–Trinajstić information content (AvgIpc) is 2.98. The first-order valence-electron chi connectivity index (χ1n) is 9.64. The summed E-state index contributed by atoms with van der Waals surface area (Å²) in [6.07, 6.45) is 9.09. The van der Waals surface area contributed by atoms with Crippen LogP contribution >= 0.6 is 0 Å². The van der Waals surface area contributed by atoms with E-state index in [1.807, 2.05) is 0 Å². The third-order valence-corrected chi connectivity index (χ3v) is 6.97. The molecule has 3 aliphatic rings. The first-order valence-corrected chi connectivity index (χ1v) is 9.64. The first-order chi connectivity index (χ1) is 12.2. The second-order valence-electron chi connectivity index (χ2n) is 8.07. The van der Waals surface area contributed by atoms with Gasteiger partial charge < -0.3 is 9.84 Å². The first kappa shape index (κ1) is 16.7. The van der Waals surface area contributed by atoms with Crippen LogP contribution in [0, 0.1) is 29.1 Å². The van der Waals surface area contributed by atoms with Crippen LogP contribution < -0.4 is 4.74 Å². The minimum atomic E-state index is 0.158. The van der Waals surface area contributed by atoms with E-state index in [-0.39, 0.29) is 12.0 Å². The van der Waals surface area contributed by atoms with E-state index in [0.29, 0.717) is 12.3 Å². The molecule has 1 saturated carbocycles. The molecule has 0 heterocycles. The number of benzene rings is 1. The number of ether oxygens (including phenoxy) is 1. The Kier molecular flexibility index (Phi) is 4.38. The molecule has 1 N–H and O–H groups in total. The van der Waals surface area contributed by atoms with Gasteiger partial charge in [-0.15, -0.1) is 0 Å². The number of aliphatic hydroxyl groups is 1. The molecular formula is C23H28O2. The highest BCUT2D eigenvalue weighted by molar-refractivity contribution is 5.44. The zero-order valence-electron chi connectivity index (χ0n) is 15.3. The smallest absolute Gasteiger partial charge is 0.119 e. The normalized spacial score (nSPS) is 32.6. The van der Waals surface area contributed by atoms with E-state index in [1.165, 1.54) is 43.2 Å². The zero-order chi connectivity index (χ0) is 17.4. The van der Waals surface area contributed by atoms with Crippen molar-refractivity contribution >= 4 is 0 Å². The maximum Gasteiger partial charge on any atom is 0.119 e. The predicted octanol–water partition coefficient (Wildman–Crippen LogP) is 4.47. The summed E-state index contributed by atoms with van der Waals surface area (Å²) in [7, 11) is 1.75. The van der Waals surface area contributed by atoms with Crippen LogP contribution in [0.15, 0.2) is 29.8 Å². The summed E-state index contributed by atoms with van der Waals surface area (Å²) in [6, 6.07) is 6.70. The van der Waals surface area contributed by atoms with Gasteiger partial charge in [0.25, 0.3) is 0 Å². The molecule has 132 valence electrons. The molecule has 0 aliphatic heterocycles. The number of methoxy groups -OCH3 is 1. The lowest BCUT2D eigenvalue weighted by molar-refractivity contribution is 0.0781. The molecule has 1 fully saturated rings. The lowest BCUT2D eigenvalue weighted by Gasteiger charge is -2.49. The van der Waals surface area contributed by atoms with Crippen LogP contribution in [0.1, 0.15) is 56.1 Å². The fourth-order valence-corrected chi connectivity index (χ4v) is 5.66. The van der Waals surface area contributed by atoms with Crippen LogP contribution in [0.25, 0.3) is 0 Å². The van der Waals surface area contributed by atoms with Gasteiger partial charge in [0.05, 0.1) is 13.7 Å². The van der Waals surface area contributed by atoms with Gasteiger partial charge in [0.15, 0.2) is 0 Å². The van der Waals surface area contributed by atoms with Crippen molar-refractivity contribution in [3.63, 3.8) is 0 Å². The Morgan fingerprint density at radius 3 is 3.00 bits per heavy atom. The highest BCUT2D eigenvalue weighted by Crippen LogP contribution is 2.61. The second-order valence-corrected chi connectivity index (χ2v) is 8.07. The van der Waals surface area contributed by atoms with E-state index in [2.05, 4.69) is 43.0 Å². The molecule has 0 unspecified atom stereocenters. The van der Waals surface area contributed by atoms with Gasteiger partial charge in [-0.2, -0.15) is 0 Å². The quantitative estimate of drug-likeness (QED) is 0.807. The van der Waals surface area contributed by atoms with Crippen LogP contribution in [0.4, 0.5) is 0 Å². The third kappa shape index (κ3) is 2.70. The maximum atomic E-state index is 8.99. The third-order valence-electron chi connectivity index (χ3n) is 6.97. The van der Waals surface area contributed by atoms with E-state index in [0.717, 1.165) is 17.6 Å². The van der Waals surface area contributed by atoms with E-state index in [4.69, 9.17) is 9.84 Å². The molecule has 1 aromatic carbocycles. The van der Waals surface area contributed by atoms with Crippen molar-refractivity contribution < 1.29 is 9.84 Å². The number of aryl methyl sites for hydroxylation is 1. The highest BCUT2D eigenvalue weighted by Gasteiger charge is 2.51. The number of hydrogen-bond donors (Lipinski definition) is 1. The number of rotatable bonds is 2. The molecule has 3 aliphatic carbocycles. The lowest BCUT2D eigenvalue weighted by atomic mass is 9.54. The topological polar surface area (TPSA) is 29.5 Å². The van der Waals surface area contributed by atoms with E-state index >= 15 is 0 Å². The van der Waals surface area contributed by atoms with Crippen molar-refractivity contribution in [3.05, 3.63) is 41.0 Å². The number of fused-ring (bicyclic) bond motifs is 5. The van der Waals surface area contributed by atoms with Crippen LogP contribution in [0.2, 0.25) is 0 Å².